The molecule has 0 fully saturated rings. The van der Waals surface area contributed by atoms with Crippen LogP contribution in [0.1, 0.15) is 61.6 Å². The number of para-hydroxylation sites is 1. The van der Waals surface area contributed by atoms with Crippen molar-refractivity contribution in [1.82, 2.24) is 5.32 Å². The Morgan fingerprint density at radius 1 is 0.905 bits per heavy atom. The predicted octanol–water partition coefficient (Wildman–Crippen LogP) is 6.60. The number of Topliss-reactive ketones (excluding diaryl/α,β-unsaturated/α-hetero) is 1. The Labute approximate surface area is 247 Å². The van der Waals surface area contributed by atoms with Gasteiger partial charge in [0.25, 0.3) is 0 Å². The number of dihydropyridines is 1. The van der Waals surface area contributed by atoms with Crippen molar-refractivity contribution in [2.24, 2.45) is 0 Å². The number of carbonyl (C=O) groups is 2. The number of rotatable bonds is 10. The van der Waals surface area contributed by atoms with E-state index in [2.05, 4.69) is 5.32 Å². The fourth-order valence-corrected chi connectivity index (χ4v) is 5.82. The highest BCUT2D eigenvalue weighted by Crippen LogP contribution is 2.48. The first-order valence-corrected chi connectivity index (χ1v) is 14.3. The number of hydrogen-bond donors (Lipinski definition) is 1. The quantitative estimate of drug-likeness (QED) is 0.277. The minimum atomic E-state index is -0.614. The lowest BCUT2D eigenvalue weighted by Gasteiger charge is -2.37. The van der Waals surface area contributed by atoms with Crippen molar-refractivity contribution >= 4 is 11.8 Å². The highest BCUT2D eigenvalue weighted by molar-refractivity contribution is 6.04. The van der Waals surface area contributed by atoms with Crippen molar-refractivity contribution in [3.63, 3.8) is 0 Å². The summed E-state index contributed by atoms with van der Waals surface area (Å²) in [5.41, 5.74) is 5.32. The van der Waals surface area contributed by atoms with E-state index in [-0.39, 0.29) is 11.7 Å². The van der Waals surface area contributed by atoms with E-state index in [0.29, 0.717) is 66.6 Å². The van der Waals surface area contributed by atoms with E-state index in [1.807, 2.05) is 86.6 Å². The molecule has 2 atom stereocenters. The summed E-state index contributed by atoms with van der Waals surface area (Å²) >= 11 is 0. The normalized spacial score (nSPS) is 18.2. The topological polar surface area (TPSA) is 83.1 Å². The van der Waals surface area contributed by atoms with Crippen molar-refractivity contribution in [3.8, 4) is 17.2 Å². The highest BCUT2D eigenvalue weighted by atomic mass is 16.5. The van der Waals surface area contributed by atoms with Gasteiger partial charge in [-0.25, -0.2) is 4.79 Å². The van der Waals surface area contributed by atoms with Crippen LogP contribution in [0.5, 0.6) is 17.2 Å². The van der Waals surface area contributed by atoms with Crippen LogP contribution >= 0.6 is 0 Å². The van der Waals surface area contributed by atoms with Crippen molar-refractivity contribution in [1.29, 1.82) is 0 Å². The molecule has 0 spiro atoms. The van der Waals surface area contributed by atoms with Crippen LogP contribution in [0.3, 0.4) is 0 Å². The SMILES string of the molecule is CCCOC(=O)C1=C(C)NC2=C(C(=O)C[C@@H](c3ccc(OC)c(OC)c3)C2)[C@@H]1c1ccccc1OCc1ccccc1. The number of carbonyl (C=O) groups excluding carboxylic acids is 2. The first-order chi connectivity index (χ1) is 20.4. The van der Waals surface area contributed by atoms with Gasteiger partial charge in [0.1, 0.15) is 12.4 Å². The summed E-state index contributed by atoms with van der Waals surface area (Å²) in [5, 5.41) is 3.42. The van der Waals surface area contributed by atoms with Gasteiger partial charge >= 0.3 is 5.97 Å². The monoisotopic (exact) mass is 567 g/mol. The molecule has 2 aliphatic rings. The van der Waals surface area contributed by atoms with Crippen molar-refractivity contribution in [3.05, 3.63) is 112 Å². The number of hydrogen-bond acceptors (Lipinski definition) is 7. The maximum atomic E-state index is 14.1. The molecule has 218 valence electrons. The van der Waals surface area contributed by atoms with Crippen LogP contribution in [0.15, 0.2) is 95.3 Å². The molecule has 42 heavy (non-hydrogen) atoms. The Balaban J connectivity index is 1.55. The Kier molecular flexibility index (Phi) is 8.96. The van der Waals surface area contributed by atoms with Crippen LogP contribution in [-0.4, -0.2) is 32.6 Å². The van der Waals surface area contributed by atoms with E-state index in [9.17, 15) is 9.59 Å². The first-order valence-electron chi connectivity index (χ1n) is 14.3. The van der Waals surface area contributed by atoms with Crippen LogP contribution in [0, 0.1) is 0 Å². The average Bonchev–Trinajstić information content (AvgIpc) is 3.02. The Bertz CT molecular complexity index is 1520. The third-order valence-electron chi connectivity index (χ3n) is 7.83. The number of methoxy groups -OCH3 is 2. The van der Waals surface area contributed by atoms with E-state index in [4.69, 9.17) is 18.9 Å². The molecule has 7 nitrogen and oxygen atoms in total. The van der Waals surface area contributed by atoms with Gasteiger partial charge in [-0.1, -0.05) is 61.5 Å². The third kappa shape index (κ3) is 5.91. The lowest BCUT2D eigenvalue weighted by molar-refractivity contribution is -0.139. The molecule has 1 aliphatic carbocycles. The maximum Gasteiger partial charge on any atom is 0.336 e. The van der Waals surface area contributed by atoms with Gasteiger partial charge in [-0.2, -0.15) is 0 Å². The number of nitrogens with one attached hydrogen (secondary N) is 1. The average molecular weight is 568 g/mol. The molecule has 0 bridgehead atoms. The van der Waals surface area contributed by atoms with Gasteiger partial charge in [-0.05, 0) is 55.0 Å². The summed E-state index contributed by atoms with van der Waals surface area (Å²) in [6.45, 7) is 4.49. The highest BCUT2D eigenvalue weighted by Gasteiger charge is 2.42. The van der Waals surface area contributed by atoms with Crippen LogP contribution in [0.4, 0.5) is 0 Å². The fraction of sp³-hybridized carbons (Fsp3) is 0.314. The predicted molar refractivity (Wildman–Crippen MR) is 161 cm³/mol. The smallest absolute Gasteiger partial charge is 0.336 e. The van der Waals surface area contributed by atoms with E-state index in [1.165, 1.54) is 0 Å². The Morgan fingerprint density at radius 2 is 1.64 bits per heavy atom. The summed E-state index contributed by atoms with van der Waals surface area (Å²) < 4.78 is 22.9. The number of esters is 1. The lowest BCUT2D eigenvalue weighted by atomic mass is 9.71. The van der Waals surface area contributed by atoms with Crippen molar-refractivity contribution < 1.29 is 28.5 Å². The minimum Gasteiger partial charge on any atom is -0.493 e. The number of benzene rings is 3. The van der Waals surface area contributed by atoms with Gasteiger partial charge in [0, 0.05) is 29.0 Å². The molecule has 0 unspecified atom stereocenters. The van der Waals surface area contributed by atoms with Gasteiger partial charge < -0.3 is 24.3 Å². The molecule has 0 aromatic heterocycles. The van der Waals surface area contributed by atoms with Crippen LogP contribution < -0.4 is 19.5 Å². The van der Waals surface area contributed by atoms with Crippen LogP contribution in [0.25, 0.3) is 0 Å². The fourth-order valence-electron chi connectivity index (χ4n) is 5.82. The molecule has 3 aromatic rings. The van der Waals surface area contributed by atoms with Gasteiger partial charge in [0.05, 0.1) is 32.3 Å². The van der Waals surface area contributed by atoms with Gasteiger partial charge in [0.15, 0.2) is 17.3 Å². The number of ether oxygens (including phenoxy) is 4. The molecule has 3 aromatic carbocycles. The summed E-state index contributed by atoms with van der Waals surface area (Å²) in [4.78, 5) is 27.6. The second-order valence-electron chi connectivity index (χ2n) is 10.6. The number of allylic oxidation sites excluding steroid dienone is 3. The molecule has 1 aliphatic heterocycles. The lowest BCUT2D eigenvalue weighted by Crippen LogP contribution is -2.36. The molecule has 1 heterocycles. The second-order valence-corrected chi connectivity index (χ2v) is 10.6. The largest absolute Gasteiger partial charge is 0.493 e. The third-order valence-corrected chi connectivity index (χ3v) is 7.83. The van der Waals surface area contributed by atoms with Crippen molar-refractivity contribution in [2.75, 3.05) is 20.8 Å². The molecule has 0 saturated heterocycles. The summed E-state index contributed by atoms with van der Waals surface area (Å²) in [6, 6.07) is 23.3. The van der Waals surface area contributed by atoms with Gasteiger partial charge in [-0.3, -0.25) is 4.79 Å². The molecule has 5 rings (SSSR count). The van der Waals surface area contributed by atoms with Crippen LogP contribution in [0.2, 0.25) is 0 Å². The number of ketones is 1. The van der Waals surface area contributed by atoms with Crippen molar-refractivity contribution in [2.45, 2.75) is 51.6 Å². The van der Waals surface area contributed by atoms with E-state index in [1.54, 1.807) is 14.2 Å². The standard InChI is InChI=1S/C35H37NO6/c1-5-17-41-35(38)32-22(2)36-27-18-25(24-15-16-30(39-3)31(20-24)40-4)19-28(37)34(27)33(32)26-13-9-10-14-29(26)42-21-23-11-7-6-8-12-23/h6-16,20,25,33,36H,5,17-19,21H2,1-4H3/t25-,33+/m0/s1. The zero-order valence-corrected chi connectivity index (χ0v) is 24.6. The van der Waals surface area contributed by atoms with Gasteiger partial charge in [-0.15, -0.1) is 0 Å². The van der Waals surface area contributed by atoms with Gasteiger partial charge in [0.2, 0.25) is 0 Å². The molecule has 0 amide bonds. The van der Waals surface area contributed by atoms with E-state index < -0.39 is 11.9 Å². The zero-order chi connectivity index (χ0) is 29.6. The van der Waals surface area contributed by atoms with Crippen LogP contribution in [-0.2, 0) is 20.9 Å². The molecule has 0 radical (unpaired) electrons. The molecule has 1 N–H and O–H groups in total. The minimum absolute atomic E-state index is 0.0142. The zero-order valence-electron chi connectivity index (χ0n) is 24.6. The molecular formula is C35H37NO6. The Morgan fingerprint density at radius 3 is 2.38 bits per heavy atom. The van der Waals surface area contributed by atoms with E-state index in [0.717, 1.165) is 22.4 Å². The summed E-state index contributed by atoms with van der Waals surface area (Å²) in [6.07, 6.45) is 1.61. The first kappa shape index (κ1) is 29.0. The molecular weight excluding hydrogens is 530 g/mol. The summed E-state index contributed by atoms with van der Waals surface area (Å²) in [7, 11) is 3.21. The molecule has 0 saturated carbocycles. The maximum absolute atomic E-state index is 14.1. The summed E-state index contributed by atoms with van der Waals surface area (Å²) in [5.74, 6) is 0.777. The van der Waals surface area contributed by atoms with E-state index >= 15 is 0 Å². The molecule has 7 heteroatoms. The second kappa shape index (κ2) is 13.0. The Hall–Kier alpha value is -4.52.